The van der Waals surface area contributed by atoms with Gasteiger partial charge in [-0.1, -0.05) is 61.5 Å². The Morgan fingerprint density at radius 2 is 1.72 bits per heavy atom. The normalized spacial score (nSPS) is 11.0. The molecule has 3 aromatic heterocycles. The molecule has 0 spiro atoms. The van der Waals surface area contributed by atoms with Gasteiger partial charge in [0.05, 0.1) is 6.54 Å². The molecule has 8 nitrogen and oxygen atoms in total. The Labute approximate surface area is 185 Å². The Hall–Kier alpha value is -4.20. The second-order valence-corrected chi connectivity index (χ2v) is 7.48. The summed E-state index contributed by atoms with van der Waals surface area (Å²) in [4.78, 5) is 9.01. The molecule has 0 radical (unpaired) electrons. The molecule has 0 amide bonds. The van der Waals surface area contributed by atoms with Gasteiger partial charge in [0.1, 0.15) is 5.82 Å². The van der Waals surface area contributed by atoms with Crippen molar-refractivity contribution < 1.29 is 0 Å². The number of nitrogens with one attached hydrogen (secondary N) is 1. The summed E-state index contributed by atoms with van der Waals surface area (Å²) in [5.41, 5.74) is 5.10. The molecule has 1 N–H and O–H groups in total. The van der Waals surface area contributed by atoms with Crippen LogP contribution in [0.4, 0.5) is 0 Å². The predicted octanol–water partition coefficient (Wildman–Crippen LogP) is 4.19. The van der Waals surface area contributed by atoms with Crippen LogP contribution in [0.5, 0.6) is 0 Å². The molecule has 0 atom stereocenters. The number of tetrazole rings is 1. The van der Waals surface area contributed by atoms with Crippen molar-refractivity contribution in [3.63, 3.8) is 0 Å². The first kappa shape index (κ1) is 19.7. The molecule has 5 aromatic rings. The minimum Gasteiger partial charge on any atom is -0.264 e. The summed E-state index contributed by atoms with van der Waals surface area (Å²) in [5.74, 6) is 2.30. The highest BCUT2D eigenvalue weighted by Gasteiger charge is 2.13. The van der Waals surface area contributed by atoms with Crippen LogP contribution in [0.2, 0.25) is 0 Å². The molecule has 0 bridgehead atoms. The molecule has 0 saturated carbocycles. The smallest absolute Gasteiger partial charge is 0.206 e. The Morgan fingerprint density at radius 3 is 2.47 bits per heavy atom. The number of aromatic amines is 1. The van der Waals surface area contributed by atoms with E-state index >= 15 is 0 Å². The van der Waals surface area contributed by atoms with Crippen molar-refractivity contribution in [2.75, 3.05) is 0 Å². The first-order valence-corrected chi connectivity index (χ1v) is 10.6. The molecule has 2 aromatic carbocycles. The summed E-state index contributed by atoms with van der Waals surface area (Å²) in [6.45, 7) is 2.83. The van der Waals surface area contributed by atoms with Crippen molar-refractivity contribution in [1.82, 2.24) is 40.4 Å². The monoisotopic (exact) mass is 422 g/mol. The van der Waals surface area contributed by atoms with Gasteiger partial charge in [0.2, 0.25) is 5.82 Å². The van der Waals surface area contributed by atoms with Gasteiger partial charge in [0, 0.05) is 29.9 Å². The minimum absolute atomic E-state index is 0.525. The van der Waals surface area contributed by atoms with E-state index in [4.69, 9.17) is 10.1 Å². The van der Waals surface area contributed by atoms with Crippen LogP contribution in [0.3, 0.4) is 0 Å². The first-order valence-electron chi connectivity index (χ1n) is 10.6. The lowest BCUT2D eigenvalue weighted by Gasteiger charge is -2.09. The largest absolute Gasteiger partial charge is 0.264 e. The number of benzene rings is 2. The minimum atomic E-state index is 0.525. The average Bonchev–Trinajstić information content (AvgIpc) is 3.51. The van der Waals surface area contributed by atoms with Gasteiger partial charge in [0.25, 0.3) is 0 Å². The third-order valence-electron chi connectivity index (χ3n) is 5.26. The Balaban J connectivity index is 1.42. The molecule has 0 fully saturated rings. The second kappa shape index (κ2) is 8.89. The fraction of sp³-hybridized carbons (Fsp3) is 0.167. The van der Waals surface area contributed by atoms with Gasteiger partial charge < -0.3 is 0 Å². The fourth-order valence-corrected chi connectivity index (χ4v) is 3.68. The second-order valence-electron chi connectivity index (χ2n) is 7.48. The van der Waals surface area contributed by atoms with E-state index in [0.29, 0.717) is 12.4 Å². The standard InChI is InChI=1S/C24H22N8/c1-2-6-22-26-23(19-7-4-3-5-8-19)29-32(22)16-17-9-11-18(12-10-17)20-13-14-25-15-21(20)24-27-30-31-28-24/h3-5,7-15H,2,6,16H2,1H3,(H,27,28,30,31). The maximum atomic E-state index is 4.79. The van der Waals surface area contributed by atoms with E-state index in [1.807, 2.05) is 41.1 Å². The molecule has 8 heteroatoms. The third-order valence-corrected chi connectivity index (χ3v) is 5.26. The van der Waals surface area contributed by atoms with Crippen LogP contribution in [-0.4, -0.2) is 40.4 Å². The van der Waals surface area contributed by atoms with E-state index in [-0.39, 0.29) is 0 Å². The Kier molecular flexibility index (Phi) is 5.48. The maximum Gasteiger partial charge on any atom is 0.206 e. The quantitative estimate of drug-likeness (QED) is 0.422. The van der Waals surface area contributed by atoms with E-state index in [1.165, 1.54) is 0 Å². The highest BCUT2D eigenvalue weighted by molar-refractivity contribution is 5.79. The molecule has 3 heterocycles. The number of hydrogen-bond donors (Lipinski definition) is 1. The summed E-state index contributed by atoms with van der Waals surface area (Å²) in [7, 11) is 0. The van der Waals surface area contributed by atoms with Gasteiger partial charge >= 0.3 is 0 Å². The highest BCUT2D eigenvalue weighted by atomic mass is 15.5. The molecule has 5 rings (SSSR count). The van der Waals surface area contributed by atoms with Gasteiger partial charge in [-0.05, 0) is 34.4 Å². The summed E-state index contributed by atoms with van der Waals surface area (Å²) in [5, 5.41) is 19.1. The van der Waals surface area contributed by atoms with Crippen LogP contribution < -0.4 is 0 Å². The highest BCUT2D eigenvalue weighted by Crippen LogP contribution is 2.29. The van der Waals surface area contributed by atoms with E-state index in [2.05, 4.69) is 56.8 Å². The first-order chi connectivity index (χ1) is 15.8. The fourth-order valence-electron chi connectivity index (χ4n) is 3.68. The average molecular weight is 422 g/mol. The van der Waals surface area contributed by atoms with Crippen LogP contribution in [0.25, 0.3) is 33.9 Å². The lowest BCUT2D eigenvalue weighted by molar-refractivity contribution is 0.630. The third kappa shape index (κ3) is 4.02. The van der Waals surface area contributed by atoms with Gasteiger partial charge in [-0.15, -0.1) is 10.2 Å². The zero-order valence-electron chi connectivity index (χ0n) is 17.7. The van der Waals surface area contributed by atoms with Crippen LogP contribution in [0.1, 0.15) is 24.7 Å². The van der Waals surface area contributed by atoms with Gasteiger partial charge in [-0.3, -0.25) is 4.98 Å². The molecule has 32 heavy (non-hydrogen) atoms. The maximum absolute atomic E-state index is 4.79. The zero-order valence-corrected chi connectivity index (χ0v) is 17.7. The van der Waals surface area contributed by atoms with E-state index in [1.54, 1.807) is 12.4 Å². The number of rotatable bonds is 7. The molecular weight excluding hydrogens is 400 g/mol. The van der Waals surface area contributed by atoms with Gasteiger partial charge in [-0.2, -0.15) is 10.3 Å². The van der Waals surface area contributed by atoms with Crippen molar-refractivity contribution >= 4 is 0 Å². The van der Waals surface area contributed by atoms with Crippen molar-refractivity contribution in [3.8, 4) is 33.9 Å². The summed E-state index contributed by atoms with van der Waals surface area (Å²) < 4.78 is 2.01. The number of pyridine rings is 1. The van der Waals surface area contributed by atoms with Crippen molar-refractivity contribution in [2.45, 2.75) is 26.3 Å². The molecule has 0 aliphatic rings. The number of H-pyrrole nitrogens is 1. The van der Waals surface area contributed by atoms with E-state index in [9.17, 15) is 0 Å². The lowest BCUT2D eigenvalue weighted by Crippen LogP contribution is -2.07. The SMILES string of the molecule is CCCc1nc(-c2ccccc2)nn1Cc1ccc(-c2ccncc2-c2nn[nH]n2)cc1. The molecule has 0 aliphatic heterocycles. The van der Waals surface area contributed by atoms with E-state index in [0.717, 1.165) is 52.3 Å². The summed E-state index contributed by atoms with van der Waals surface area (Å²) >= 11 is 0. The number of aryl methyl sites for hydroxylation is 1. The predicted molar refractivity (Wildman–Crippen MR) is 121 cm³/mol. The summed E-state index contributed by atoms with van der Waals surface area (Å²) in [6.07, 6.45) is 5.44. The molecule has 158 valence electrons. The van der Waals surface area contributed by atoms with Crippen LogP contribution in [0, 0.1) is 0 Å². The van der Waals surface area contributed by atoms with E-state index < -0.39 is 0 Å². The topological polar surface area (TPSA) is 98.1 Å². The van der Waals surface area contributed by atoms with Crippen molar-refractivity contribution in [3.05, 3.63) is 84.4 Å². The molecule has 0 aliphatic carbocycles. The summed E-state index contributed by atoms with van der Waals surface area (Å²) in [6, 6.07) is 20.5. The van der Waals surface area contributed by atoms with Gasteiger partial charge in [-0.25, -0.2) is 9.67 Å². The zero-order chi connectivity index (χ0) is 21.8. The van der Waals surface area contributed by atoms with Crippen LogP contribution >= 0.6 is 0 Å². The Bertz CT molecular complexity index is 1290. The number of hydrogen-bond acceptors (Lipinski definition) is 6. The lowest BCUT2D eigenvalue weighted by atomic mass is 10.00. The molecule has 0 saturated heterocycles. The van der Waals surface area contributed by atoms with Crippen molar-refractivity contribution in [2.24, 2.45) is 0 Å². The van der Waals surface area contributed by atoms with Crippen molar-refractivity contribution in [1.29, 1.82) is 0 Å². The molecular formula is C24H22N8. The Morgan fingerprint density at radius 1 is 0.875 bits per heavy atom. The van der Waals surface area contributed by atoms with Gasteiger partial charge in [0.15, 0.2) is 5.82 Å². The number of nitrogens with zero attached hydrogens (tertiary/aromatic N) is 7. The molecule has 0 unspecified atom stereocenters. The van der Waals surface area contributed by atoms with Crippen LogP contribution in [0.15, 0.2) is 73.1 Å². The van der Waals surface area contributed by atoms with Crippen LogP contribution in [-0.2, 0) is 13.0 Å². The number of aromatic nitrogens is 8.